The van der Waals surface area contributed by atoms with Crippen LogP contribution in [0.4, 0.5) is 0 Å². The monoisotopic (exact) mass is 250 g/mol. The van der Waals surface area contributed by atoms with Crippen LogP contribution in [0.25, 0.3) is 0 Å². The van der Waals surface area contributed by atoms with Crippen LogP contribution in [0, 0.1) is 5.92 Å². The van der Waals surface area contributed by atoms with Gasteiger partial charge in [0.2, 0.25) is 0 Å². The summed E-state index contributed by atoms with van der Waals surface area (Å²) in [6.45, 7) is -0.321. The number of aliphatic hydroxyl groups is 1. The van der Waals surface area contributed by atoms with Gasteiger partial charge in [-0.15, -0.1) is 0 Å². The first-order valence-corrected chi connectivity index (χ1v) is 5.63. The molecule has 5 nitrogen and oxygen atoms in total. The smallest absolute Gasteiger partial charge is 0.321 e. The molecule has 5 heteroatoms. The number of carbonyl (C=O) groups excluding carboxylic acids is 2. The van der Waals surface area contributed by atoms with Gasteiger partial charge >= 0.3 is 11.9 Å². The molecule has 0 saturated carbocycles. The third-order valence-corrected chi connectivity index (χ3v) is 3.10. The third kappa shape index (κ3) is 2.09. The Labute approximate surface area is 104 Å². The average molecular weight is 250 g/mol. The van der Waals surface area contributed by atoms with Crippen LogP contribution in [-0.4, -0.2) is 36.9 Å². The minimum atomic E-state index is -1.01. The summed E-state index contributed by atoms with van der Waals surface area (Å²) in [6, 6.07) is 9.04. The van der Waals surface area contributed by atoms with Crippen LogP contribution >= 0.6 is 0 Å². The number of hydrogen-bond donors (Lipinski definition) is 1. The van der Waals surface area contributed by atoms with E-state index in [2.05, 4.69) is 4.74 Å². The van der Waals surface area contributed by atoms with Gasteiger partial charge in [-0.2, -0.15) is 0 Å². The minimum absolute atomic E-state index is 0.321. The fourth-order valence-corrected chi connectivity index (χ4v) is 2.26. The fourth-order valence-electron chi connectivity index (χ4n) is 2.26. The molecule has 3 atom stereocenters. The molecule has 1 aromatic carbocycles. The predicted molar refractivity (Wildman–Crippen MR) is 61.7 cm³/mol. The summed E-state index contributed by atoms with van der Waals surface area (Å²) in [7, 11) is 1.23. The third-order valence-electron chi connectivity index (χ3n) is 3.10. The fraction of sp³-hybridized carbons (Fsp3) is 0.385. The van der Waals surface area contributed by atoms with Gasteiger partial charge < -0.3 is 14.6 Å². The molecule has 18 heavy (non-hydrogen) atoms. The van der Waals surface area contributed by atoms with Gasteiger partial charge in [0.05, 0.1) is 13.7 Å². The highest BCUT2D eigenvalue weighted by molar-refractivity contribution is 5.97. The van der Waals surface area contributed by atoms with Crippen LogP contribution in [0.15, 0.2) is 30.3 Å². The number of methoxy groups -OCH3 is 1. The van der Waals surface area contributed by atoms with E-state index in [0.29, 0.717) is 0 Å². The molecule has 1 fully saturated rings. The largest absolute Gasteiger partial charge is 0.468 e. The molecule has 1 aromatic rings. The molecule has 1 aliphatic heterocycles. The zero-order valence-corrected chi connectivity index (χ0v) is 9.91. The van der Waals surface area contributed by atoms with Crippen molar-refractivity contribution in [2.45, 2.75) is 12.0 Å². The van der Waals surface area contributed by atoms with Crippen LogP contribution in [0.1, 0.15) is 11.5 Å². The maximum atomic E-state index is 11.7. The molecule has 0 aliphatic carbocycles. The molecule has 0 unspecified atom stereocenters. The van der Waals surface area contributed by atoms with E-state index in [9.17, 15) is 14.7 Å². The first-order chi connectivity index (χ1) is 8.69. The lowest BCUT2D eigenvalue weighted by atomic mass is 9.84. The van der Waals surface area contributed by atoms with Gasteiger partial charge in [-0.05, 0) is 5.56 Å². The maximum Gasteiger partial charge on any atom is 0.321 e. The molecule has 0 amide bonds. The Kier molecular flexibility index (Phi) is 3.62. The Morgan fingerprint density at radius 3 is 2.61 bits per heavy atom. The number of hydrogen-bond acceptors (Lipinski definition) is 5. The zero-order chi connectivity index (χ0) is 13.1. The van der Waals surface area contributed by atoms with Crippen molar-refractivity contribution in [3.8, 4) is 0 Å². The molecule has 0 radical (unpaired) electrons. The van der Waals surface area contributed by atoms with Crippen molar-refractivity contribution in [3.63, 3.8) is 0 Å². The van der Waals surface area contributed by atoms with E-state index < -0.39 is 29.9 Å². The van der Waals surface area contributed by atoms with Crippen molar-refractivity contribution in [1.82, 2.24) is 0 Å². The molecule has 1 N–H and O–H groups in total. The van der Waals surface area contributed by atoms with Crippen LogP contribution < -0.4 is 0 Å². The quantitative estimate of drug-likeness (QED) is 0.624. The van der Waals surface area contributed by atoms with Crippen molar-refractivity contribution >= 4 is 11.9 Å². The maximum absolute atomic E-state index is 11.7. The van der Waals surface area contributed by atoms with Gasteiger partial charge in [-0.3, -0.25) is 9.59 Å². The topological polar surface area (TPSA) is 72.8 Å². The van der Waals surface area contributed by atoms with E-state index in [1.54, 1.807) is 24.3 Å². The number of aliphatic hydroxyl groups excluding tert-OH is 1. The summed E-state index contributed by atoms with van der Waals surface area (Å²) < 4.78 is 9.65. The Balaban J connectivity index is 2.38. The Hall–Kier alpha value is -1.88. The molecule has 2 rings (SSSR count). The number of ether oxygens (including phenoxy) is 2. The van der Waals surface area contributed by atoms with Crippen molar-refractivity contribution in [3.05, 3.63) is 35.9 Å². The van der Waals surface area contributed by atoms with E-state index >= 15 is 0 Å². The van der Waals surface area contributed by atoms with Gasteiger partial charge in [0.1, 0.15) is 6.10 Å². The SMILES string of the molecule is COC(=O)[C@@H]1C(=O)O[C@@H](CO)[C@H]1c1ccccc1. The molecule has 0 spiro atoms. The van der Waals surface area contributed by atoms with E-state index in [4.69, 9.17) is 4.74 Å². The summed E-state index contributed by atoms with van der Waals surface area (Å²) in [4.78, 5) is 23.4. The van der Waals surface area contributed by atoms with E-state index in [1.165, 1.54) is 7.11 Å². The van der Waals surface area contributed by atoms with Crippen LogP contribution in [0.5, 0.6) is 0 Å². The summed E-state index contributed by atoms with van der Waals surface area (Å²) in [5.41, 5.74) is 0.776. The number of rotatable bonds is 3. The molecule has 96 valence electrons. The number of cyclic esters (lactones) is 1. The van der Waals surface area contributed by atoms with Crippen molar-refractivity contribution in [1.29, 1.82) is 0 Å². The van der Waals surface area contributed by atoms with Gasteiger partial charge in [0.15, 0.2) is 5.92 Å². The Bertz CT molecular complexity index is 442. The second kappa shape index (κ2) is 5.18. The molecular formula is C13H14O5. The molecule has 1 heterocycles. The normalized spacial score (nSPS) is 26.8. The molecule has 1 aliphatic rings. The highest BCUT2D eigenvalue weighted by Crippen LogP contribution is 2.37. The van der Waals surface area contributed by atoms with Crippen LogP contribution in [0.3, 0.4) is 0 Å². The summed E-state index contributed by atoms with van der Waals surface area (Å²) >= 11 is 0. The first kappa shape index (κ1) is 12.6. The lowest BCUT2D eigenvalue weighted by Crippen LogP contribution is -2.28. The molecule has 0 bridgehead atoms. The Morgan fingerprint density at radius 2 is 2.06 bits per heavy atom. The second-order valence-electron chi connectivity index (χ2n) is 4.10. The van der Waals surface area contributed by atoms with E-state index in [1.807, 2.05) is 6.07 Å². The lowest BCUT2D eigenvalue weighted by molar-refractivity contribution is -0.155. The number of benzene rings is 1. The van der Waals surface area contributed by atoms with E-state index in [0.717, 1.165) is 5.56 Å². The molecular weight excluding hydrogens is 236 g/mol. The van der Waals surface area contributed by atoms with Crippen LogP contribution in [-0.2, 0) is 19.1 Å². The number of esters is 2. The lowest BCUT2D eigenvalue weighted by Gasteiger charge is -2.18. The van der Waals surface area contributed by atoms with Crippen molar-refractivity contribution in [2.24, 2.45) is 5.92 Å². The van der Waals surface area contributed by atoms with Crippen molar-refractivity contribution < 1.29 is 24.2 Å². The summed E-state index contributed by atoms with van der Waals surface area (Å²) in [5, 5.41) is 9.26. The first-order valence-electron chi connectivity index (χ1n) is 5.63. The minimum Gasteiger partial charge on any atom is -0.468 e. The van der Waals surface area contributed by atoms with Gasteiger partial charge in [0, 0.05) is 5.92 Å². The predicted octanol–water partition coefficient (Wildman–Crippen LogP) is 0.477. The Morgan fingerprint density at radius 1 is 1.39 bits per heavy atom. The highest BCUT2D eigenvalue weighted by Gasteiger charge is 2.49. The summed E-state index contributed by atoms with van der Waals surface area (Å²) in [5.74, 6) is -2.79. The molecule has 1 saturated heterocycles. The highest BCUT2D eigenvalue weighted by atomic mass is 16.6. The molecule has 0 aromatic heterocycles. The standard InChI is InChI=1S/C13H14O5/c1-17-12(15)11-10(8-5-3-2-4-6-8)9(7-14)18-13(11)16/h2-6,9-11,14H,7H2,1H3/t9-,10+,11+/m0/s1. The van der Waals surface area contributed by atoms with Gasteiger partial charge in [-0.25, -0.2) is 0 Å². The van der Waals surface area contributed by atoms with Gasteiger partial charge in [0.25, 0.3) is 0 Å². The average Bonchev–Trinajstić information content (AvgIpc) is 2.75. The second-order valence-corrected chi connectivity index (χ2v) is 4.10. The van der Waals surface area contributed by atoms with Gasteiger partial charge in [-0.1, -0.05) is 30.3 Å². The van der Waals surface area contributed by atoms with E-state index in [-0.39, 0.29) is 6.61 Å². The number of carbonyl (C=O) groups is 2. The van der Waals surface area contributed by atoms with Crippen LogP contribution in [0.2, 0.25) is 0 Å². The zero-order valence-electron chi connectivity index (χ0n) is 9.91. The van der Waals surface area contributed by atoms with Crippen molar-refractivity contribution in [2.75, 3.05) is 13.7 Å². The summed E-state index contributed by atoms with van der Waals surface area (Å²) in [6.07, 6.45) is -0.705.